The van der Waals surface area contributed by atoms with E-state index in [-0.39, 0.29) is 49.9 Å². The fraction of sp³-hybridized carbons (Fsp3) is 0.561. The van der Waals surface area contributed by atoms with Crippen molar-refractivity contribution in [3.8, 4) is 0 Å². The van der Waals surface area contributed by atoms with Crippen LogP contribution in [0.2, 0.25) is 5.02 Å². The van der Waals surface area contributed by atoms with Gasteiger partial charge in [-0.25, -0.2) is 4.79 Å². The van der Waals surface area contributed by atoms with E-state index in [4.69, 9.17) is 25.8 Å². The third-order valence-corrected chi connectivity index (χ3v) is 10.3. The molecule has 1 saturated heterocycles. The van der Waals surface area contributed by atoms with Gasteiger partial charge in [0.15, 0.2) is 6.10 Å². The fourth-order valence-corrected chi connectivity index (χ4v) is 6.47. The number of rotatable bonds is 11. The van der Waals surface area contributed by atoms with E-state index in [1.165, 1.54) is 11.6 Å². The molecule has 11 heteroatoms. The molecule has 0 spiro atoms. The molecule has 0 saturated carbocycles. The van der Waals surface area contributed by atoms with Crippen molar-refractivity contribution >= 4 is 35.4 Å². The fourth-order valence-electron chi connectivity index (χ4n) is 6.27. The van der Waals surface area contributed by atoms with Crippen LogP contribution in [0, 0.1) is 24.2 Å². The van der Waals surface area contributed by atoms with Crippen molar-refractivity contribution in [2.45, 2.75) is 112 Å². The lowest BCUT2D eigenvalue weighted by atomic mass is 9.92. The number of nitrogens with one attached hydrogen (secondary N) is 2. The molecule has 2 heterocycles. The predicted molar refractivity (Wildman–Crippen MR) is 201 cm³/mol. The average Bonchev–Trinajstić information content (AvgIpc) is 3.90. The third-order valence-electron chi connectivity index (χ3n) is 9.91. The van der Waals surface area contributed by atoms with Crippen molar-refractivity contribution in [3.63, 3.8) is 0 Å². The molecule has 10 nitrogen and oxygen atoms in total. The summed E-state index contributed by atoms with van der Waals surface area (Å²) in [6.07, 6.45) is 1.42. The number of amides is 2. The molecule has 2 aliphatic rings. The summed E-state index contributed by atoms with van der Waals surface area (Å²) in [5, 5.41) is 6.16. The summed E-state index contributed by atoms with van der Waals surface area (Å²) in [4.78, 5) is 56.3. The van der Waals surface area contributed by atoms with Crippen LogP contribution < -0.4 is 10.6 Å². The van der Waals surface area contributed by atoms with E-state index < -0.39 is 47.4 Å². The quantitative estimate of drug-likeness (QED) is 0.204. The third kappa shape index (κ3) is 11.4. The summed E-state index contributed by atoms with van der Waals surface area (Å²) in [7, 11) is 0. The Labute approximate surface area is 314 Å². The highest BCUT2D eigenvalue weighted by molar-refractivity contribution is 6.31. The van der Waals surface area contributed by atoms with Gasteiger partial charge in [0.25, 0.3) is 0 Å². The number of nitrogens with zero attached hydrogens (tertiary/aromatic N) is 1. The molecule has 2 aromatic rings. The van der Waals surface area contributed by atoms with E-state index >= 15 is 0 Å². The van der Waals surface area contributed by atoms with Crippen LogP contribution in [-0.4, -0.2) is 72.6 Å². The predicted octanol–water partition coefficient (Wildman–Crippen LogP) is 6.27. The molecule has 1 fully saturated rings. The number of carbonyl (C=O) groups is 4. The van der Waals surface area contributed by atoms with Gasteiger partial charge in [-0.15, -0.1) is 0 Å². The van der Waals surface area contributed by atoms with Crippen molar-refractivity contribution in [2.75, 3.05) is 19.6 Å². The first-order valence-corrected chi connectivity index (χ1v) is 18.9. The van der Waals surface area contributed by atoms with E-state index in [0.29, 0.717) is 5.02 Å². The summed E-state index contributed by atoms with van der Waals surface area (Å²) in [5.41, 5.74) is 2.74. The maximum absolute atomic E-state index is 13.7. The number of carbonyl (C=O) groups excluding carboxylic acids is 4. The number of epoxide rings is 1. The molecule has 52 heavy (non-hydrogen) atoms. The Bertz CT molecular complexity index is 1590. The van der Waals surface area contributed by atoms with Gasteiger partial charge in [-0.2, -0.15) is 0 Å². The second kappa shape index (κ2) is 18.3. The first-order chi connectivity index (χ1) is 24.6. The van der Waals surface area contributed by atoms with Crippen molar-refractivity contribution in [1.29, 1.82) is 0 Å². The first-order valence-electron chi connectivity index (χ1n) is 18.5. The zero-order valence-corrected chi connectivity index (χ0v) is 32.6. The van der Waals surface area contributed by atoms with Gasteiger partial charge in [-0.1, -0.05) is 88.7 Å². The van der Waals surface area contributed by atoms with Crippen LogP contribution in [0.1, 0.15) is 89.7 Å². The van der Waals surface area contributed by atoms with E-state index in [2.05, 4.69) is 53.6 Å². The Hall–Kier alpha value is -3.73. The molecule has 4 rings (SSSR count). The van der Waals surface area contributed by atoms with Crippen molar-refractivity contribution in [3.05, 3.63) is 81.9 Å². The normalized spacial score (nSPS) is 25.6. The topological polar surface area (TPSA) is 127 Å². The Morgan fingerprint density at radius 1 is 0.962 bits per heavy atom. The zero-order valence-electron chi connectivity index (χ0n) is 31.9. The van der Waals surface area contributed by atoms with Crippen LogP contribution in [-0.2, 0) is 46.4 Å². The first kappa shape index (κ1) is 41.0. The van der Waals surface area contributed by atoms with Gasteiger partial charge in [0.2, 0.25) is 11.8 Å². The van der Waals surface area contributed by atoms with Crippen LogP contribution in [0.25, 0.3) is 0 Å². The van der Waals surface area contributed by atoms with Gasteiger partial charge in [-0.05, 0) is 80.6 Å². The SMILES string of the molecule is CCN(CC)Cc1ccc([C@H]2O[C@@H]2[C@@H](C)[C@@H]2C/C=C/C(=O)N[C@H](Cc3ccc(C)c(Cl)c3)C(=O)NCC(C)(C)C(=O)O[C@@H](CC(C)C)C(=O)O2)cc1. The summed E-state index contributed by atoms with van der Waals surface area (Å²) < 4.78 is 18.1. The lowest BCUT2D eigenvalue weighted by Gasteiger charge is -2.29. The van der Waals surface area contributed by atoms with Gasteiger partial charge >= 0.3 is 11.9 Å². The zero-order chi connectivity index (χ0) is 38.2. The summed E-state index contributed by atoms with van der Waals surface area (Å²) in [6, 6.07) is 13.0. The van der Waals surface area contributed by atoms with Gasteiger partial charge in [-0.3, -0.25) is 19.3 Å². The number of hydrogen-bond acceptors (Lipinski definition) is 8. The molecule has 2 aliphatic heterocycles. The van der Waals surface area contributed by atoms with Gasteiger partial charge < -0.3 is 24.8 Å². The molecule has 2 aromatic carbocycles. The van der Waals surface area contributed by atoms with E-state index in [9.17, 15) is 19.2 Å². The number of cyclic esters (lactones) is 2. The van der Waals surface area contributed by atoms with Crippen molar-refractivity contribution < 1.29 is 33.4 Å². The molecule has 0 radical (unpaired) electrons. The number of hydrogen-bond donors (Lipinski definition) is 2. The number of halogens is 1. The van der Waals surface area contributed by atoms with E-state index in [1.807, 2.05) is 39.8 Å². The Morgan fingerprint density at radius 2 is 1.63 bits per heavy atom. The van der Waals surface area contributed by atoms with Crippen LogP contribution >= 0.6 is 11.6 Å². The van der Waals surface area contributed by atoms with Crippen molar-refractivity contribution in [1.82, 2.24) is 15.5 Å². The Balaban J connectivity index is 1.58. The number of ether oxygens (including phenoxy) is 3. The molecule has 0 aromatic heterocycles. The largest absolute Gasteiger partial charge is 0.459 e. The molecule has 0 unspecified atom stereocenters. The highest BCUT2D eigenvalue weighted by Gasteiger charge is 2.48. The highest BCUT2D eigenvalue weighted by atomic mass is 35.5. The minimum atomic E-state index is -1.19. The molecular formula is C41H56ClN3O7. The molecule has 284 valence electrons. The van der Waals surface area contributed by atoms with Crippen LogP contribution in [0.5, 0.6) is 0 Å². The Kier molecular flexibility index (Phi) is 14.5. The highest BCUT2D eigenvalue weighted by Crippen LogP contribution is 2.45. The van der Waals surface area contributed by atoms with Gasteiger partial charge in [0.1, 0.15) is 18.2 Å². The second-order valence-electron chi connectivity index (χ2n) is 15.2. The number of esters is 2. The number of aryl methyl sites for hydroxylation is 1. The van der Waals surface area contributed by atoms with E-state index in [0.717, 1.165) is 36.3 Å². The maximum Gasteiger partial charge on any atom is 0.347 e. The monoisotopic (exact) mass is 737 g/mol. The number of benzene rings is 2. The Morgan fingerprint density at radius 3 is 2.27 bits per heavy atom. The molecule has 6 atom stereocenters. The molecule has 2 N–H and O–H groups in total. The maximum atomic E-state index is 13.7. The smallest absolute Gasteiger partial charge is 0.347 e. The van der Waals surface area contributed by atoms with Crippen LogP contribution in [0.3, 0.4) is 0 Å². The summed E-state index contributed by atoms with van der Waals surface area (Å²) in [5.74, 6) is -2.48. The van der Waals surface area contributed by atoms with Gasteiger partial charge in [0.05, 0.1) is 11.5 Å². The van der Waals surface area contributed by atoms with Crippen molar-refractivity contribution in [2.24, 2.45) is 17.3 Å². The van der Waals surface area contributed by atoms with Crippen LogP contribution in [0.4, 0.5) is 0 Å². The molecule has 0 aliphatic carbocycles. The summed E-state index contributed by atoms with van der Waals surface area (Å²) >= 11 is 6.36. The molecular weight excluding hydrogens is 682 g/mol. The minimum absolute atomic E-state index is 0.0233. The van der Waals surface area contributed by atoms with Crippen LogP contribution in [0.15, 0.2) is 54.6 Å². The minimum Gasteiger partial charge on any atom is -0.459 e. The van der Waals surface area contributed by atoms with E-state index in [1.54, 1.807) is 26.0 Å². The van der Waals surface area contributed by atoms with Gasteiger partial charge in [0, 0.05) is 36.9 Å². The lowest BCUT2D eigenvalue weighted by molar-refractivity contribution is -0.179. The second-order valence-corrected chi connectivity index (χ2v) is 15.6. The summed E-state index contributed by atoms with van der Waals surface area (Å²) in [6.45, 7) is 18.0. The standard InChI is InChI=1S/C41H56ClN3O7/c1-9-45(10-2)23-28-16-18-30(19-17-28)37-36(52-37)27(6)33-12-11-13-35(46)44-32(22-29-15-14-26(5)31(42)21-29)38(47)43-24-41(7,8)40(49)51-34(20-25(3)4)39(48)50-33/h11,13-19,21,25,27,32-34,36-37H,9-10,12,20,22-24H2,1-8H3,(H,43,47)(H,44,46)/b13-11+/t27-,32+,33-,34-,36+,37+/m0/s1. The molecule has 2 amide bonds. The lowest BCUT2D eigenvalue weighted by Crippen LogP contribution is -2.51. The average molecular weight is 738 g/mol. The molecule has 0 bridgehead atoms.